The summed E-state index contributed by atoms with van der Waals surface area (Å²) in [5.41, 5.74) is 5.08. The lowest BCUT2D eigenvalue weighted by atomic mass is 9.97. The second kappa shape index (κ2) is 6.61. The molecule has 3 rings (SSSR count). The van der Waals surface area contributed by atoms with Crippen molar-refractivity contribution in [2.75, 3.05) is 6.54 Å². The Bertz CT molecular complexity index is 618. The molecular weight excluding hydrogens is 272 g/mol. The van der Waals surface area contributed by atoms with Crippen molar-refractivity contribution in [3.63, 3.8) is 0 Å². The zero-order valence-electron chi connectivity index (χ0n) is 13.9. The number of aryl methyl sites for hydroxylation is 2. The molecule has 1 saturated heterocycles. The fraction of sp³-hybridized carbons (Fsp3) is 0.556. The van der Waals surface area contributed by atoms with Gasteiger partial charge >= 0.3 is 0 Å². The van der Waals surface area contributed by atoms with Crippen LogP contribution in [0.2, 0.25) is 0 Å². The van der Waals surface area contributed by atoms with E-state index >= 15 is 0 Å². The van der Waals surface area contributed by atoms with E-state index in [1.165, 1.54) is 41.9 Å². The van der Waals surface area contributed by atoms with Crippen LogP contribution in [0.3, 0.4) is 0 Å². The van der Waals surface area contributed by atoms with Gasteiger partial charge in [-0.15, -0.1) is 0 Å². The van der Waals surface area contributed by atoms with Gasteiger partial charge in [-0.25, -0.2) is 0 Å². The number of aromatic nitrogens is 3. The molecule has 4 heteroatoms. The van der Waals surface area contributed by atoms with E-state index in [1.54, 1.807) is 0 Å². The first-order chi connectivity index (χ1) is 10.7. The minimum Gasteiger partial charge on any atom is -0.290 e. The second-order valence-corrected chi connectivity index (χ2v) is 6.20. The van der Waals surface area contributed by atoms with E-state index in [4.69, 9.17) is 0 Å². The molecule has 1 aliphatic heterocycles. The number of likely N-dealkylation sites (tertiary alicyclic amines) is 1. The first-order valence-electron chi connectivity index (χ1n) is 8.38. The van der Waals surface area contributed by atoms with Gasteiger partial charge < -0.3 is 0 Å². The number of pyridine rings is 1. The molecule has 0 saturated carbocycles. The van der Waals surface area contributed by atoms with Crippen LogP contribution in [0.5, 0.6) is 0 Å². The smallest absolute Gasteiger partial charge is 0.0641 e. The number of nitrogens with zero attached hydrogens (tertiary/aromatic N) is 4. The maximum absolute atomic E-state index is 4.67. The quantitative estimate of drug-likeness (QED) is 0.864. The Morgan fingerprint density at radius 2 is 2.09 bits per heavy atom. The molecule has 0 amide bonds. The lowest BCUT2D eigenvalue weighted by Gasteiger charge is -2.35. The Balaban J connectivity index is 1.85. The number of hydrogen-bond acceptors (Lipinski definition) is 3. The third-order valence-electron chi connectivity index (χ3n) is 4.83. The minimum atomic E-state index is 0.443. The van der Waals surface area contributed by atoms with Gasteiger partial charge in [0, 0.05) is 30.5 Å². The zero-order valence-corrected chi connectivity index (χ0v) is 13.9. The summed E-state index contributed by atoms with van der Waals surface area (Å²) in [4.78, 5) is 7.18. The van der Waals surface area contributed by atoms with Crippen LogP contribution in [0.15, 0.2) is 24.4 Å². The summed E-state index contributed by atoms with van der Waals surface area (Å²) in [5, 5.41) is 4.67. The van der Waals surface area contributed by atoms with E-state index in [0.717, 1.165) is 19.6 Å². The molecule has 2 aromatic heterocycles. The van der Waals surface area contributed by atoms with Crippen LogP contribution < -0.4 is 0 Å². The van der Waals surface area contributed by atoms with E-state index in [9.17, 15) is 0 Å². The van der Waals surface area contributed by atoms with Gasteiger partial charge in [0.2, 0.25) is 0 Å². The van der Waals surface area contributed by atoms with Crippen molar-refractivity contribution >= 4 is 0 Å². The van der Waals surface area contributed by atoms with E-state index in [0.29, 0.717) is 6.04 Å². The highest BCUT2D eigenvalue weighted by Crippen LogP contribution is 2.31. The average molecular weight is 298 g/mol. The maximum atomic E-state index is 4.67. The topological polar surface area (TPSA) is 34.0 Å². The van der Waals surface area contributed by atoms with Crippen molar-refractivity contribution in [2.24, 2.45) is 0 Å². The molecule has 0 bridgehead atoms. The van der Waals surface area contributed by atoms with Crippen LogP contribution >= 0.6 is 0 Å². The second-order valence-electron chi connectivity index (χ2n) is 6.20. The largest absolute Gasteiger partial charge is 0.290 e. The molecular formula is C18H26N4. The summed E-state index contributed by atoms with van der Waals surface area (Å²) in [6.07, 6.45) is 5.69. The minimum absolute atomic E-state index is 0.443. The number of rotatable bonds is 4. The van der Waals surface area contributed by atoms with Crippen molar-refractivity contribution in [1.29, 1.82) is 0 Å². The molecule has 0 unspecified atom stereocenters. The molecule has 4 nitrogen and oxygen atoms in total. The molecule has 0 spiro atoms. The van der Waals surface area contributed by atoms with E-state index in [2.05, 4.69) is 52.6 Å². The van der Waals surface area contributed by atoms with Crippen molar-refractivity contribution in [3.05, 3.63) is 47.0 Å². The first kappa shape index (κ1) is 15.2. The fourth-order valence-corrected chi connectivity index (χ4v) is 3.56. The fourth-order valence-electron chi connectivity index (χ4n) is 3.56. The van der Waals surface area contributed by atoms with E-state index in [-0.39, 0.29) is 0 Å². The monoisotopic (exact) mass is 298 g/mol. The van der Waals surface area contributed by atoms with Crippen LogP contribution in [-0.4, -0.2) is 26.2 Å². The molecule has 1 aliphatic rings. The molecule has 22 heavy (non-hydrogen) atoms. The summed E-state index contributed by atoms with van der Waals surface area (Å²) >= 11 is 0. The van der Waals surface area contributed by atoms with Crippen LogP contribution in [0.25, 0.3) is 0 Å². The highest BCUT2D eigenvalue weighted by molar-refractivity contribution is 5.25. The Hall–Kier alpha value is -1.68. The molecule has 0 aliphatic carbocycles. The Labute approximate surface area is 133 Å². The predicted octanol–water partition coefficient (Wildman–Crippen LogP) is 3.64. The maximum Gasteiger partial charge on any atom is 0.0641 e. The highest BCUT2D eigenvalue weighted by atomic mass is 15.3. The zero-order chi connectivity index (χ0) is 15.5. The van der Waals surface area contributed by atoms with Crippen LogP contribution in [-0.2, 0) is 13.1 Å². The Morgan fingerprint density at radius 1 is 1.23 bits per heavy atom. The Morgan fingerprint density at radius 3 is 2.77 bits per heavy atom. The molecule has 2 aromatic rings. The lowest BCUT2D eigenvalue weighted by molar-refractivity contribution is 0.136. The molecule has 1 atom stereocenters. The third kappa shape index (κ3) is 2.93. The molecule has 0 N–H and O–H groups in total. The van der Waals surface area contributed by atoms with Crippen LogP contribution in [0, 0.1) is 13.8 Å². The first-order valence-corrected chi connectivity index (χ1v) is 8.38. The summed E-state index contributed by atoms with van der Waals surface area (Å²) < 4.78 is 2.12. The van der Waals surface area contributed by atoms with E-state index in [1.807, 2.05) is 12.3 Å². The third-order valence-corrected chi connectivity index (χ3v) is 4.83. The van der Waals surface area contributed by atoms with Gasteiger partial charge in [-0.1, -0.05) is 12.5 Å². The van der Waals surface area contributed by atoms with Crippen molar-refractivity contribution in [2.45, 2.75) is 59.2 Å². The van der Waals surface area contributed by atoms with Crippen LogP contribution in [0.1, 0.15) is 54.9 Å². The van der Waals surface area contributed by atoms with Gasteiger partial charge in [-0.2, -0.15) is 5.10 Å². The summed E-state index contributed by atoms with van der Waals surface area (Å²) in [7, 11) is 0. The van der Waals surface area contributed by atoms with Crippen molar-refractivity contribution < 1.29 is 0 Å². The van der Waals surface area contributed by atoms with E-state index < -0.39 is 0 Å². The van der Waals surface area contributed by atoms with Gasteiger partial charge in [0.15, 0.2) is 0 Å². The summed E-state index contributed by atoms with van der Waals surface area (Å²) in [6.45, 7) is 9.56. The molecule has 1 fully saturated rings. The molecule has 0 aromatic carbocycles. The summed E-state index contributed by atoms with van der Waals surface area (Å²) in [5.74, 6) is 0. The average Bonchev–Trinajstić information content (AvgIpc) is 2.84. The molecule has 118 valence electrons. The van der Waals surface area contributed by atoms with Crippen molar-refractivity contribution in [1.82, 2.24) is 19.7 Å². The number of hydrogen-bond donors (Lipinski definition) is 0. The van der Waals surface area contributed by atoms with Gasteiger partial charge in [0.25, 0.3) is 0 Å². The summed E-state index contributed by atoms with van der Waals surface area (Å²) in [6, 6.07) is 6.70. The number of piperidine rings is 1. The van der Waals surface area contributed by atoms with Crippen LogP contribution in [0.4, 0.5) is 0 Å². The molecule has 0 radical (unpaired) electrons. The predicted molar refractivity (Wildman–Crippen MR) is 88.6 cm³/mol. The van der Waals surface area contributed by atoms with Gasteiger partial charge in [-0.05, 0) is 52.3 Å². The van der Waals surface area contributed by atoms with Gasteiger partial charge in [-0.3, -0.25) is 14.6 Å². The Kier molecular flexibility index (Phi) is 4.57. The lowest BCUT2D eigenvalue weighted by Crippen LogP contribution is -2.33. The SMILES string of the molecule is CCn1nc(C)c(CN2CCCC[C@H]2c2ccccn2)c1C. The molecule has 3 heterocycles. The van der Waals surface area contributed by atoms with Gasteiger partial charge in [0.05, 0.1) is 17.4 Å². The standard InChI is InChI=1S/C18H26N4/c1-4-22-15(3)16(14(2)20-22)13-21-12-8-6-10-18(21)17-9-5-7-11-19-17/h5,7,9,11,18H,4,6,8,10,12-13H2,1-3H3/t18-/m0/s1. The van der Waals surface area contributed by atoms with Crippen molar-refractivity contribution in [3.8, 4) is 0 Å². The van der Waals surface area contributed by atoms with Gasteiger partial charge in [0.1, 0.15) is 0 Å². The highest BCUT2D eigenvalue weighted by Gasteiger charge is 2.26. The normalized spacial score (nSPS) is 19.5.